The Hall–Kier alpha value is -2.24. The summed E-state index contributed by atoms with van der Waals surface area (Å²) in [4.78, 5) is 21.2. The third-order valence-electron chi connectivity index (χ3n) is 5.86. The van der Waals surface area contributed by atoms with Gasteiger partial charge in [-0.2, -0.15) is 0 Å². The highest BCUT2D eigenvalue weighted by Gasteiger charge is 2.27. The van der Waals surface area contributed by atoms with Crippen LogP contribution in [-0.4, -0.2) is 37.0 Å². The molecule has 5 rings (SSSR count). The van der Waals surface area contributed by atoms with Gasteiger partial charge in [0.05, 0.1) is 4.88 Å². The van der Waals surface area contributed by atoms with Crippen LogP contribution >= 0.6 is 23.1 Å². The first-order valence-electron chi connectivity index (χ1n) is 10.1. The predicted octanol–water partition coefficient (Wildman–Crippen LogP) is 5.60. The Morgan fingerprint density at radius 3 is 2.41 bits per heavy atom. The van der Waals surface area contributed by atoms with Crippen molar-refractivity contribution in [1.82, 2.24) is 4.90 Å². The molecule has 0 atom stereocenters. The lowest BCUT2D eigenvalue weighted by atomic mass is 10.1. The number of nitrogens with zero attached hydrogens (tertiary/aromatic N) is 2. The lowest BCUT2D eigenvalue weighted by molar-refractivity contribution is 0.0751. The fraction of sp³-hybridized carbons (Fsp3) is 0.292. The maximum Gasteiger partial charge on any atom is 0.264 e. The number of piperazine rings is 1. The van der Waals surface area contributed by atoms with Crippen LogP contribution in [-0.2, 0) is 5.75 Å². The molecule has 148 valence electrons. The highest BCUT2D eigenvalue weighted by Crippen LogP contribution is 2.45. The third-order valence-corrected chi connectivity index (χ3v) is 8.18. The first kappa shape index (κ1) is 18.8. The summed E-state index contributed by atoms with van der Waals surface area (Å²) < 4.78 is 0. The van der Waals surface area contributed by atoms with E-state index in [1.165, 1.54) is 37.7 Å². The SMILES string of the molecule is Cc1cccc(C)c1N1CCN(C(=O)c2cc3c(s2)-c2ccccc2SC3)CC1. The molecule has 3 aromatic rings. The quantitative estimate of drug-likeness (QED) is 0.539. The molecule has 5 heteroatoms. The summed E-state index contributed by atoms with van der Waals surface area (Å²) >= 11 is 3.53. The molecular formula is C24H24N2OS2. The molecule has 1 fully saturated rings. The lowest BCUT2D eigenvalue weighted by Gasteiger charge is -2.37. The second-order valence-electron chi connectivity index (χ2n) is 7.77. The highest BCUT2D eigenvalue weighted by molar-refractivity contribution is 7.98. The van der Waals surface area contributed by atoms with E-state index in [-0.39, 0.29) is 5.91 Å². The molecule has 2 aromatic carbocycles. The number of aryl methyl sites for hydroxylation is 2. The van der Waals surface area contributed by atoms with Gasteiger partial charge in [-0.1, -0.05) is 36.4 Å². The van der Waals surface area contributed by atoms with Crippen molar-refractivity contribution in [3.8, 4) is 10.4 Å². The van der Waals surface area contributed by atoms with Gasteiger partial charge < -0.3 is 9.80 Å². The summed E-state index contributed by atoms with van der Waals surface area (Å²) in [5.74, 6) is 1.14. The number of hydrogen-bond acceptors (Lipinski definition) is 4. The van der Waals surface area contributed by atoms with Crippen molar-refractivity contribution in [2.75, 3.05) is 31.1 Å². The first-order chi connectivity index (χ1) is 14.1. The van der Waals surface area contributed by atoms with Gasteiger partial charge in [-0.05, 0) is 42.7 Å². The predicted molar refractivity (Wildman–Crippen MR) is 123 cm³/mol. The van der Waals surface area contributed by atoms with Crippen molar-refractivity contribution in [3.05, 3.63) is 70.1 Å². The van der Waals surface area contributed by atoms with E-state index < -0.39 is 0 Å². The highest BCUT2D eigenvalue weighted by atomic mass is 32.2. The lowest BCUT2D eigenvalue weighted by Crippen LogP contribution is -2.49. The van der Waals surface area contributed by atoms with Gasteiger partial charge >= 0.3 is 0 Å². The number of thiophene rings is 1. The molecule has 0 radical (unpaired) electrons. The summed E-state index contributed by atoms with van der Waals surface area (Å²) in [6.07, 6.45) is 0. The smallest absolute Gasteiger partial charge is 0.264 e. The van der Waals surface area contributed by atoms with E-state index in [2.05, 4.69) is 67.3 Å². The van der Waals surface area contributed by atoms with Crippen molar-refractivity contribution >= 4 is 34.7 Å². The largest absolute Gasteiger partial charge is 0.368 e. The van der Waals surface area contributed by atoms with Gasteiger partial charge in [-0.3, -0.25) is 4.79 Å². The van der Waals surface area contributed by atoms with Crippen LogP contribution in [0.25, 0.3) is 10.4 Å². The average Bonchev–Trinajstić information content (AvgIpc) is 3.18. The second-order valence-corrected chi connectivity index (χ2v) is 9.84. The van der Waals surface area contributed by atoms with Gasteiger partial charge in [-0.15, -0.1) is 23.1 Å². The van der Waals surface area contributed by atoms with Crippen LogP contribution in [0.15, 0.2) is 53.4 Å². The Morgan fingerprint density at radius 1 is 0.931 bits per heavy atom. The topological polar surface area (TPSA) is 23.6 Å². The van der Waals surface area contributed by atoms with E-state index in [1.807, 2.05) is 16.7 Å². The zero-order valence-corrected chi connectivity index (χ0v) is 18.4. The van der Waals surface area contributed by atoms with E-state index in [1.54, 1.807) is 11.3 Å². The summed E-state index contributed by atoms with van der Waals surface area (Å²) in [5, 5.41) is 0. The molecule has 1 aromatic heterocycles. The number of thioether (sulfide) groups is 1. The number of carbonyl (C=O) groups excluding carboxylic acids is 1. The zero-order chi connectivity index (χ0) is 20.0. The number of amides is 1. The van der Waals surface area contributed by atoms with Crippen LogP contribution in [0.3, 0.4) is 0 Å². The van der Waals surface area contributed by atoms with Crippen LogP contribution in [0.2, 0.25) is 0 Å². The van der Waals surface area contributed by atoms with Gasteiger partial charge in [0.25, 0.3) is 5.91 Å². The Kier molecular flexibility index (Phi) is 4.88. The Labute approximate surface area is 180 Å². The minimum absolute atomic E-state index is 0.188. The molecule has 0 unspecified atom stereocenters. The van der Waals surface area contributed by atoms with Gasteiger partial charge in [0.2, 0.25) is 0 Å². The van der Waals surface area contributed by atoms with Crippen LogP contribution < -0.4 is 4.90 Å². The number of hydrogen-bond donors (Lipinski definition) is 0. The third kappa shape index (κ3) is 3.36. The fourth-order valence-corrected chi connectivity index (χ4v) is 6.78. The number of carbonyl (C=O) groups is 1. The number of para-hydroxylation sites is 1. The monoisotopic (exact) mass is 420 g/mol. The van der Waals surface area contributed by atoms with Crippen LogP contribution in [0.5, 0.6) is 0 Å². The molecule has 3 nitrogen and oxygen atoms in total. The van der Waals surface area contributed by atoms with Gasteiger partial charge in [0.1, 0.15) is 0 Å². The zero-order valence-electron chi connectivity index (χ0n) is 16.8. The van der Waals surface area contributed by atoms with E-state index in [0.29, 0.717) is 0 Å². The molecule has 3 heterocycles. The molecule has 0 bridgehead atoms. The fourth-order valence-electron chi connectivity index (χ4n) is 4.40. The van der Waals surface area contributed by atoms with Crippen molar-refractivity contribution in [3.63, 3.8) is 0 Å². The summed E-state index contributed by atoms with van der Waals surface area (Å²) in [7, 11) is 0. The summed E-state index contributed by atoms with van der Waals surface area (Å²) in [5.41, 5.74) is 6.54. The Bertz CT molecular complexity index is 1060. The number of benzene rings is 2. The number of anilines is 1. The molecule has 1 saturated heterocycles. The standard InChI is InChI=1S/C24H24N2OS2/c1-16-6-5-7-17(2)22(16)25-10-12-26(13-11-25)24(27)21-14-18-15-28-20-9-4-3-8-19(20)23(18)29-21/h3-9,14H,10-13,15H2,1-2H3. The maximum atomic E-state index is 13.2. The first-order valence-corrected chi connectivity index (χ1v) is 11.9. The molecule has 0 N–H and O–H groups in total. The van der Waals surface area contributed by atoms with Crippen molar-refractivity contribution < 1.29 is 4.79 Å². The maximum absolute atomic E-state index is 13.2. The molecule has 29 heavy (non-hydrogen) atoms. The van der Waals surface area contributed by atoms with Crippen LogP contribution in [0.4, 0.5) is 5.69 Å². The van der Waals surface area contributed by atoms with Crippen molar-refractivity contribution in [1.29, 1.82) is 0 Å². The van der Waals surface area contributed by atoms with Crippen LogP contribution in [0.1, 0.15) is 26.4 Å². The van der Waals surface area contributed by atoms with Gasteiger partial charge in [-0.25, -0.2) is 0 Å². The number of rotatable bonds is 2. The minimum Gasteiger partial charge on any atom is -0.368 e. The summed E-state index contributed by atoms with van der Waals surface area (Å²) in [6.45, 7) is 7.68. The average molecular weight is 421 g/mol. The van der Waals surface area contributed by atoms with Crippen molar-refractivity contribution in [2.24, 2.45) is 0 Å². The van der Waals surface area contributed by atoms with E-state index in [0.717, 1.165) is 36.8 Å². The molecule has 1 amide bonds. The molecule has 0 saturated carbocycles. The Balaban J connectivity index is 1.33. The molecule has 0 spiro atoms. The second kappa shape index (κ2) is 7.54. The van der Waals surface area contributed by atoms with Crippen LogP contribution in [0, 0.1) is 13.8 Å². The summed E-state index contributed by atoms with van der Waals surface area (Å²) in [6, 6.07) is 17.1. The normalized spacial score (nSPS) is 15.8. The molecule has 0 aliphatic carbocycles. The van der Waals surface area contributed by atoms with E-state index in [4.69, 9.17) is 0 Å². The minimum atomic E-state index is 0.188. The molecule has 2 aliphatic rings. The van der Waals surface area contributed by atoms with Gasteiger partial charge in [0, 0.05) is 53.0 Å². The van der Waals surface area contributed by atoms with Gasteiger partial charge in [0.15, 0.2) is 0 Å². The van der Waals surface area contributed by atoms with E-state index in [9.17, 15) is 4.79 Å². The molecular weight excluding hydrogens is 396 g/mol. The Morgan fingerprint density at radius 2 is 1.66 bits per heavy atom. The number of fused-ring (bicyclic) bond motifs is 3. The van der Waals surface area contributed by atoms with Crippen molar-refractivity contribution in [2.45, 2.75) is 24.5 Å². The molecule has 2 aliphatic heterocycles. The van der Waals surface area contributed by atoms with E-state index >= 15 is 0 Å².